The van der Waals surface area contributed by atoms with E-state index in [0.29, 0.717) is 29.3 Å². The Hall–Kier alpha value is -3.19. The standard InChI is InChI=1S/C24H23BrN2O4/c1-3-30-20-9-8-15(12-22(20)29-2)17(13-27-24(28)21-10-11-23(25)31-21)18-14-26-19-7-5-4-6-16(18)19/h4-12,14,17,26H,3,13H2,1-2H3,(H,27,28)/t17-/m0/s1. The molecule has 0 radical (unpaired) electrons. The maximum Gasteiger partial charge on any atom is 0.287 e. The van der Waals surface area contributed by atoms with Crippen molar-refractivity contribution in [1.29, 1.82) is 0 Å². The first-order valence-electron chi connectivity index (χ1n) is 10.0. The molecule has 2 aromatic carbocycles. The summed E-state index contributed by atoms with van der Waals surface area (Å²) in [6.07, 6.45) is 1.99. The van der Waals surface area contributed by atoms with Gasteiger partial charge in [-0.05, 0) is 64.3 Å². The van der Waals surface area contributed by atoms with Crippen LogP contribution in [-0.2, 0) is 0 Å². The van der Waals surface area contributed by atoms with Gasteiger partial charge in [0.2, 0.25) is 0 Å². The van der Waals surface area contributed by atoms with Gasteiger partial charge in [0.15, 0.2) is 21.9 Å². The number of aromatic nitrogens is 1. The Morgan fingerprint density at radius 2 is 2.00 bits per heavy atom. The van der Waals surface area contributed by atoms with Crippen molar-refractivity contribution < 1.29 is 18.7 Å². The largest absolute Gasteiger partial charge is 0.493 e. The molecule has 0 spiro atoms. The number of H-pyrrole nitrogens is 1. The van der Waals surface area contributed by atoms with Crippen molar-refractivity contribution in [3.63, 3.8) is 0 Å². The van der Waals surface area contributed by atoms with Gasteiger partial charge in [0.1, 0.15) is 0 Å². The molecule has 1 amide bonds. The number of ether oxygens (including phenoxy) is 2. The summed E-state index contributed by atoms with van der Waals surface area (Å²) in [6, 6.07) is 17.3. The Balaban J connectivity index is 1.70. The summed E-state index contributed by atoms with van der Waals surface area (Å²) in [6.45, 7) is 2.87. The van der Waals surface area contributed by atoms with Crippen LogP contribution in [0.5, 0.6) is 11.5 Å². The monoisotopic (exact) mass is 482 g/mol. The predicted octanol–water partition coefficient (Wildman–Crippen LogP) is 5.49. The SMILES string of the molecule is CCOc1ccc([C@H](CNC(=O)c2ccc(Br)o2)c2c[nH]c3ccccc23)cc1OC. The summed E-state index contributed by atoms with van der Waals surface area (Å²) in [7, 11) is 1.62. The van der Waals surface area contributed by atoms with Crippen LogP contribution in [0.2, 0.25) is 0 Å². The van der Waals surface area contributed by atoms with Crippen LogP contribution in [0.15, 0.2) is 69.9 Å². The molecular weight excluding hydrogens is 460 g/mol. The van der Waals surface area contributed by atoms with E-state index in [9.17, 15) is 4.79 Å². The van der Waals surface area contributed by atoms with E-state index in [1.54, 1.807) is 19.2 Å². The average molecular weight is 483 g/mol. The number of fused-ring (bicyclic) bond motifs is 1. The third-order valence-electron chi connectivity index (χ3n) is 5.15. The van der Waals surface area contributed by atoms with Gasteiger partial charge in [0, 0.05) is 29.6 Å². The number of rotatable bonds is 8. The first kappa shape index (κ1) is 21.1. The molecule has 4 aromatic rings. The smallest absolute Gasteiger partial charge is 0.287 e. The Morgan fingerprint density at radius 3 is 2.74 bits per heavy atom. The van der Waals surface area contributed by atoms with Crippen LogP contribution in [0.1, 0.15) is 34.5 Å². The summed E-state index contributed by atoms with van der Waals surface area (Å²) in [5.74, 6) is 1.23. The van der Waals surface area contributed by atoms with Crippen LogP contribution in [0.25, 0.3) is 10.9 Å². The Morgan fingerprint density at radius 1 is 1.16 bits per heavy atom. The molecule has 0 aliphatic heterocycles. The number of aromatic amines is 1. The molecule has 0 fully saturated rings. The molecule has 2 heterocycles. The molecule has 6 nitrogen and oxygen atoms in total. The molecule has 0 bridgehead atoms. The lowest BCUT2D eigenvalue weighted by atomic mass is 9.90. The van der Waals surface area contributed by atoms with Gasteiger partial charge in [-0.3, -0.25) is 4.79 Å². The minimum absolute atomic E-state index is 0.108. The van der Waals surface area contributed by atoms with Gasteiger partial charge in [-0.1, -0.05) is 24.3 Å². The molecule has 4 rings (SSSR count). The van der Waals surface area contributed by atoms with Gasteiger partial charge in [-0.15, -0.1) is 0 Å². The molecule has 1 atom stereocenters. The van der Waals surface area contributed by atoms with Crippen molar-refractivity contribution in [1.82, 2.24) is 10.3 Å². The summed E-state index contributed by atoms with van der Waals surface area (Å²) < 4.78 is 17.1. The molecule has 0 aliphatic rings. The molecule has 160 valence electrons. The summed E-state index contributed by atoms with van der Waals surface area (Å²) in [5, 5.41) is 4.11. The highest BCUT2D eigenvalue weighted by atomic mass is 79.9. The fraction of sp³-hybridized carbons (Fsp3) is 0.208. The second-order valence-corrected chi connectivity index (χ2v) is 7.78. The van der Waals surface area contributed by atoms with E-state index < -0.39 is 0 Å². The zero-order chi connectivity index (χ0) is 21.8. The van der Waals surface area contributed by atoms with Crippen molar-refractivity contribution >= 4 is 32.7 Å². The summed E-state index contributed by atoms with van der Waals surface area (Å²) >= 11 is 3.23. The van der Waals surface area contributed by atoms with Gasteiger partial charge in [0.05, 0.1) is 13.7 Å². The third kappa shape index (κ3) is 4.46. The van der Waals surface area contributed by atoms with E-state index >= 15 is 0 Å². The van der Waals surface area contributed by atoms with E-state index in [2.05, 4.69) is 32.3 Å². The fourth-order valence-corrected chi connectivity index (χ4v) is 3.99. The van der Waals surface area contributed by atoms with Crippen LogP contribution < -0.4 is 14.8 Å². The van der Waals surface area contributed by atoms with Crippen molar-refractivity contribution in [3.05, 3.63) is 82.4 Å². The minimum atomic E-state index is -0.270. The highest BCUT2D eigenvalue weighted by Crippen LogP contribution is 2.36. The van der Waals surface area contributed by atoms with Gasteiger partial charge in [-0.2, -0.15) is 0 Å². The van der Waals surface area contributed by atoms with E-state index in [1.807, 2.05) is 49.5 Å². The van der Waals surface area contributed by atoms with Crippen LogP contribution in [0.3, 0.4) is 0 Å². The summed E-state index contributed by atoms with van der Waals surface area (Å²) in [4.78, 5) is 15.9. The van der Waals surface area contributed by atoms with Gasteiger partial charge in [-0.25, -0.2) is 0 Å². The second kappa shape index (κ2) is 9.31. The van der Waals surface area contributed by atoms with E-state index in [4.69, 9.17) is 13.9 Å². The molecule has 0 unspecified atom stereocenters. The number of methoxy groups -OCH3 is 1. The maximum atomic E-state index is 12.6. The zero-order valence-corrected chi connectivity index (χ0v) is 18.9. The van der Waals surface area contributed by atoms with Gasteiger partial charge < -0.3 is 24.2 Å². The Labute approximate surface area is 188 Å². The molecule has 7 heteroatoms. The maximum absolute atomic E-state index is 12.6. The first-order valence-corrected chi connectivity index (χ1v) is 10.8. The number of hydrogen-bond acceptors (Lipinski definition) is 4. The van der Waals surface area contributed by atoms with Crippen molar-refractivity contribution in [2.24, 2.45) is 0 Å². The van der Waals surface area contributed by atoms with Gasteiger partial charge >= 0.3 is 0 Å². The van der Waals surface area contributed by atoms with E-state index in [1.165, 1.54) is 0 Å². The molecule has 2 aromatic heterocycles. The number of amides is 1. The van der Waals surface area contributed by atoms with Crippen molar-refractivity contribution in [2.75, 3.05) is 20.3 Å². The predicted molar refractivity (Wildman–Crippen MR) is 123 cm³/mol. The lowest BCUT2D eigenvalue weighted by Crippen LogP contribution is -2.28. The third-order valence-corrected chi connectivity index (χ3v) is 5.58. The molecule has 2 N–H and O–H groups in total. The van der Waals surface area contributed by atoms with E-state index in [-0.39, 0.29) is 17.6 Å². The van der Waals surface area contributed by atoms with Crippen LogP contribution in [0, 0.1) is 0 Å². The quantitative estimate of drug-likeness (QED) is 0.348. The first-order chi connectivity index (χ1) is 15.1. The Bertz CT molecular complexity index is 1200. The number of benzene rings is 2. The number of carbonyl (C=O) groups is 1. The lowest BCUT2D eigenvalue weighted by Gasteiger charge is -2.20. The second-order valence-electron chi connectivity index (χ2n) is 7.00. The topological polar surface area (TPSA) is 76.5 Å². The van der Waals surface area contributed by atoms with Crippen LogP contribution in [0.4, 0.5) is 0 Å². The minimum Gasteiger partial charge on any atom is -0.493 e. The van der Waals surface area contributed by atoms with Crippen LogP contribution >= 0.6 is 15.9 Å². The number of furan rings is 1. The molecule has 0 saturated carbocycles. The molecule has 0 aliphatic carbocycles. The highest BCUT2D eigenvalue weighted by molar-refractivity contribution is 9.10. The van der Waals surface area contributed by atoms with E-state index in [0.717, 1.165) is 22.0 Å². The number of para-hydroxylation sites is 1. The lowest BCUT2D eigenvalue weighted by molar-refractivity contribution is 0.0923. The van der Waals surface area contributed by atoms with Crippen LogP contribution in [-0.4, -0.2) is 31.2 Å². The number of halogens is 1. The molecule has 31 heavy (non-hydrogen) atoms. The van der Waals surface area contributed by atoms with Crippen molar-refractivity contribution in [3.8, 4) is 11.5 Å². The zero-order valence-electron chi connectivity index (χ0n) is 17.3. The molecule has 0 saturated heterocycles. The fourth-order valence-electron chi connectivity index (χ4n) is 3.68. The highest BCUT2D eigenvalue weighted by Gasteiger charge is 2.22. The number of hydrogen-bond donors (Lipinski definition) is 2. The normalized spacial score (nSPS) is 12.0. The summed E-state index contributed by atoms with van der Waals surface area (Å²) in [5.41, 5.74) is 3.13. The Kier molecular flexibility index (Phi) is 6.32. The number of carbonyl (C=O) groups excluding carboxylic acids is 1. The molecular formula is C24H23BrN2O4. The number of nitrogens with one attached hydrogen (secondary N) is 2. The van der Waals surface area contributed by atoms with Gasteiger partial charge in [0.25, 0.3) is 5.91 Å². The van der Waals surface area contributed by atoms with Crippen molar-refractivity contribution in [2.45, 2.75) is 12.8 Å². The average Bonchev–Trinajstić information content (AvgIpc) is 3.41.